The highest BCUT2D eigenvalue weighted by Gasteiger charge is 2.15. The molecule has 1 atom stereocenters. The molecule has 1 aliphatic rings. The first kappa shape index (κ1) is 11.4. The zero-order chi connectivity index (χ0) is 11.5. The Balaban J connectivity index is 2.03. The summed E-state index contributed by atoms with van der Waals surface area (Å²) >= 11 is 0. The highest BCUT2D eigenvalue weighted by atomic mass is 16.5. The summed E-state index contributed by atoms with van der Waals surface area (Å²) in [5.41, 5.74) is 2.23. The van der Waals surface area contributed by atoms with Crippen molar-refractivity contribution in [1.29, 1.82) is 0 Å². The van der Waals surface area contributed by atoms with Crippen molar-refractivity contribution < 1.29 is 9.84 Å². The lowest BCUT2D eigenvalue weighted by Gasteiger charge is -2.15. The zero-order valence-corrected chi connectivity index (χ0v) is 9.94. The predicted molar refractivity (Wildman–Crippen MR) is 63.8 cm³/mol. The van der Waals surface area contributed by atoms with Crippen molar-refractivity contribution >= 4 is 0 Å². The van der Waals surface area contributed by atoms with Crippen molar-refractivity contribution in [3.05, 3.63) is 29.3 Å². The van der Waals surface area contributed by atoms with Crippen LogP contribution in [0, 0.1) is 0 Å². The van der Waals surface area contributed by atoms with E-state index in [0.717, 1.165) is 37.3 Å². The van der Waals surface area contributed by atoms with Gasteiger partial charge in [0, 0.05) is 13.0 Å². The van der Waals surface area contributed by atoms with E-state index in [1.165, 1.54) is 5.56 Å². The topological polar surface area (TPSA) is 32.7 Å². The molecule has 0 amide bonds. The summed E-state index contributed by atoms with van der Waals surface area (Å²) in [5.74, 6) is 0.976. The molecule has 0 saturated carbocycles. The van der Waals surface area contributed by atoms with Gasteiger partial charge in [-0.1, -0.05) is 6.07 Å². The first-order chi connectivity index (χ1) is 7.66. The van der Waals surface area contributed by atoms with E-state index in [1.807, 2.05) is 26.2 Å². The Morgan fingerprint density at radius 3 is 3.00 bits per heavy atom. The van der Waals surface area contributed by atoms with Crippen molar-refractivity contribution in [3.63, 3.8) is 0 Å². The quantitative estimate of drug-likeness (QED) is 0.838. The fourth-order valence-electron chi connectivity index (χ4n) is 1.96. The van der Waals surface area contributed by atoms with Gasteiger partial charge in [-0.2, -0.15) is 0 Å². The number of hydrogen-bond acceptors (Lipinski definition) is 3. The third kappa shape index (κ3) is 2.54. The maximum atomic E-state index is 10.0. The Hall–Kier alpha value is -1.06. The number of benzene rings is 1. The Labute approximate surface area is 96.6 Å². The van der Waals surface area contributed by atoms with E-state index in [-0.39, 0.29) is 6.10 Å². The molecule has 0 fully saturated rings. The molecule has 1 unspecified atom stereocenters. The average Bonchev–Trinajstić information content (AvgIpc) is 2.72. The van der Waals surface area contributed by atoms with Crippen molar-refractivity contribution in [2.45, 2.75) is 18.9 Å². The molecule has 0 aromatic heterocycles. The normalized spacial score (nSPS) is 16.0. The highest BCUT2D eigenvalue weighted by molar-refractivity contribution is 5.40. The lowest BCUT2D eigenvalue weighted by Crippen LogP contribution is -2.15. The van der Waals surface area contributed by atoms with E-state index in [2.05, 4.69) is 11.0 Å². The average molecular weight is 221 g/mol. The number of hydrogen-bond donors (Lipinski definition) is 1. The lowest BCUT2D eigenvalue weighted by atomic mass is 10.0. The fraction of sp³-hybridized carbons (Fsp3) is 0.538. The monoisotopic (exact) mass is 221 g/mol. The van der Waals surface area contributed by atoms with E-state index in [1.54, 1.807) is 0 Å². The van der Waals surface area contributed by atoms with Crippen LogP contribution in [0.25, 0.3) is 0 Å². The lowest BCUT2D eigenvalue weighted by molar-refractivity contribution is 0.154. The minimum Gasteiger partial charge on any atom is -0.493 e. The molecule has 1 heterocycles. The second-order valence-electron chi connectivity index (χ2n) is 4.57. The Bertz CT molecular complexity index is 363. The SMILES string of the molecule is CN(C)CCC(O)c1ccc2c(c1)CCO2. The van der Waals surface area contributed by atoms with E-state index in [9.17, 15) is 5.11 Å². The summed E-state index contributed by atoms with van der Waals surface area (Å²) in [6.07, 6.45) is 1.37. The van der Waals surface area contributed by atoms with Crippen LogP contribution >= 0.6 is 0 Å². The smallest absolute Gasteiger partial charge is 0.122 e. The summed E-state index contributed by atoms with van der Waals surface area (Å²) in [4.78, 5) is 2.08. The molecule has 3 nitrogen and oxygen atoms in total. The Kier molecular flexibility index (Phi) is 3.46. The van der Waals surface area contributed by atoms with Crippen LogP contribution in [0.4, 0.5) is 0 Å². The van der Waals surface area contributed by atoms with Gasteiger partial charge in [0.2, 0.25) is 0 Å². The van der Waals surface area contributed by atoms with Crippen LogP contribution < -0.4 is 4.74 Å². The van der Waals surface area contributed by atoms with Gasteiger partial charge in [-0.3, -0.25) is 0 Å². The molecule has 0 saturated heterocycles. The minimum atomic E-state index is -0.367. The molecule has 16 heavy (non-hydrogen) atoms. The van der Waals surface area contributed by atoms with Crippen LogP contribution in [-0.2, 0) is 6.42 Å². The molecule has 3 heteroatoms. The number of aliphatic hydroxyl groups is 1. The van der Waals surface area contributed by atoms with Crippen molar-refractivity contribution in [3.8, 4) is 5.75 Å². The summed E-state index contributed by atoms with van der Waals surface area (Å²) in [7, 11) is 4.03. The number of fused-ring (bicyclic) bond motifs is 1. The largest absolute Gasteiger partial charge is 0.493 e. The summed E-state index contributed by atoms with van der Waals surface area (Å²) in [6.45, 7) is 1.67. The second kappa shape index (κ2) is 4.85. The predicted octanol–water partition coefficient (Wildman–Crippen LogP) is 1.61. The molecule has 1 aromatic rings. The van der Waals surface area contributed by atoms with Crippen molar-refractivity contribution in [2.75, 3.05) is 27.2 Å². The van der Waals surface area contributed by atoms with Crippen molar-refractivity contribution in [2.24, 2.45) is 0 Å². The molecule has 1 N–H and O–H groups in total. The van der Waals surface area contributed by atoms with Gasteiger partial charge < -0.3 is 14.7 Å². The number of aliphatic hydroxyl groups excluding tert-OH is 1. The molecule has 88 valence electrons. The zero-order valence-electron chi connectivity index (χ0n) is 9.94. The summed E-state index contributed by atoms with van der Waals surface area (Å²) in [5, 5.41) is 10.0. The van der Waals surface area contributed by atoms with Crippen LogP contribution in [0.5, 0.6) is 5.75 Å². The second-order valence-corrected chi connectivity index (χ2v) is 4.57. The fourth-order valence-corrected chi connectivity index (χ4v) is 1.96. The van der Waals surface area contributed by atoms with Gasteiger partial charge >= 0.3 is 0 Å². The van der Waals surface area contributed by atoms with Crippen LogP contribution in [-0.4, -0.2) is 37.3 Å². The third-order valence-corrected chi connectivity index (χ3v) is 2.95. The molecular weight excluding hydrogens is 202 g/mol. The molecule has 2 rings (SSSR count). The number of rotatable bonds is 4. The number of ether oxygens (including phenoxy) is 1. The van der Waals surface area contributed by atoms with Gasteiger partial charge in [-0.15, -0.1) is 0 Å². The van der Waals surface area contributed by atoms with Gasteiger partial charge in [0.05, 0.1) is 12.7 Å². The molecule has 0 radical (unpaired) electrons. The van der Waals surface area contributed by atoms with Crippen LogP contribution in [0.3, 0.4) is 0 Å². The molecule has 1 aliphatic heterocycles. The van der Waals surface area contributed by atoms with Crippen molar-refractivity contribution in [1.82, 2.24) is 4.90 Å². The highest BCUT2D eigenvalue weighted by Crippen LogP contribution is 2.28. The first-order valence-corrected chi connectivity index (χ1v) is 5.75. The molecular formula is C13H19NO2. The summed E-state index contributed by atoms with van der Waals surface area (Å²) < 4.78 is 5.44. The van der Waals surface area contributed by atoms with Gasteiger partial charge in [-0.05, 0) is 43.8 Å². The maximum absolute atomic E-state index is 10.0. The first-order valence-electron chi connectivity index (χ1n) is 5.75. The molecule has 0 bridgehead atoms. The van der Waals surface area contributed by atoms with Crippen LogP contribution in [0.2, 0.25) is 0 Å². The van der Waals surface area contributed by atoms with E-state index in [4.69, 9.17) is 4.74 Å². The summed E-state index contributed by atoms with van der Waals surface area (Å²) in [6, 6.07) is 6.00. The van der Waals surface area contributed by atoms with E-state index >= 15 is 0 Å². The van der Waals surface area contributed by atoms with Gasteiger partial charge in [-0.25, -0.2) is 0 Å². The van der Waals surface area contributed by atoms with Gasteiger partial charge in [0.25, 0.3) is 0 Å². The minimum absolute atomic E-state index is 0.367. The van der Waals surface area contributed by atoms with Gasteiger partial charge in [0.15, 0.2) is 0 Å². The van der Waals surface area contributed by atoms with E-state index < -0.39 is 0 Å². The van der Waals surface area contributed by atoms with Gasteiger partial charge in [0.1, 0.15) is 5.75 Å². The molecule has 1 aromatic carbocycles. The Morgan fingerprint density at radius 1 is 1.44 bits per heavy atom. The molecule has 0 aliphatic carbocycles. The standard InChI is InChI=1S/C13H19NO2/c1-14(2)7-5-12(15)10-3-4-13-11(9-10)6-8-16-13/h3-4,9,12,15H,5-8H2,1-2H3. The van der Waals surface area contributed by atoms with Crippen LogP contribution in [0.1, 0.15) is 23.7 Å². The maximum Gasteiger partial charge on any atom is 0.122 e. The Morgan fingerprint density at radius 2 is 2.25 bits per heavy atom. The third-order valence-electron chi connectivity index (χ3n) is 2.95. The molecule has 0 spiro atoms. The van der Waals surface area contributed by atoms with Crippen LogP contribution in [0.15, 0.2) is 18.2 Å². The van der Waals surface area contributed by atoms with E-state index in [0.29, 0.717) is 0 Å². The number of nitrogens with zero attached hydrogens (tertiary/aromatic N) is 1.